The first-order valence-corrected chi connectivity index (χ1v) is 11.7. The summed E-state index contributed by atoms with van der Waals surface area (Å²) >= 11 is 19.2. The Labute approximate surface area is 212 Å². The van der Waals surface area contributed by atoms with Crippen LogP contribution >= 0.6 is 34.8 Å². The van der Waals surface area contributed by atoms with Gasteiger partial charge in [0.2, 0.25) is 0 Å². The standard InChI is InChI=1S/C27H20Cl3NO3/c1-2-34-27(33)17-12-14-18(15-13-17)31(16-22-24(29)10-5-11-25(22)30)26(32)21-8-3-7-20-19(21)6-4-9-23(20)28/h3-15H,2,16H2,1H3. The molecule has 4 rings (SSSR count). The predicted octanol–water partition coefficient (Wildman–Crippen LogP) is 7.82. The van der Waals surface area contributed by atoms with E-state index in [0.717, 1.165) is 10.8 Å². The molecule has 0 bridgehead atoms. The summed E-state index contributed by atoms with van der Waals surface area (Å²) in [5.41, 5.74) is 2.07. The first-order valence-electron chi connectivity index (χ1n) is 10.6. The van der Waals surface area contributed by atoms with Crippen molar-refractivity contribution < 1.29 is 14.3 Å². The number of fused-ring (bicyclic) bond motifs is 1. The third-order valence-corrected chi connectivity index (χ3v) is 6.45. The van der Waals surface area contributed by atoms with Crippen molar-refractivity contribution in [2.75, 3.05) is 11.5 Å². The monoisotopic (exact) mass is 511 g/mol. The van der Waals surface area contributed by atoms with Gasteiger partial charge in [0.05, 0.1) is 18.7 Å². The lowest BCUT2D eigenvalue weighted by molar-refractivity contribution is 0.0526. The van der Waals surface area contributed by atoms with E-state index in [2.05, 4.69) is 0 Å². The van der Waals surface area contributed by atoms with Crippen molar-refractivity contribution in [3.05, 3.63) is 111 Å². The van der Waals surface area contributed by atoms with Gasteiger partial charge in [-0.2, -0.15) is 0 Å². The van der Waals surface area contributed by atoms with Crippen LogP contribution in [-0.4, -0.2) is 18.5 Å². The Morgan fingerprint density at radius 2 is 1.35 bits per heavy atom. The fraction of sp³-hybridized carbons (Fsp3) is 0.111. The van der Waals surface area contributed by atoms with Crippen molar-refractivity contribution in [1.82, 2.24) is 0 Å². The maximum Gasteiger partial charge on any atom is 0.338 e. The summed E-state index contributed by atoms with van der Waals surface area (Å²) in [5, 5.41) is 2.98. The molecule has 4 nitrogen and oxygen atoms in total. The quantitative estimate of drug-likeness (QED) is 0.247. The Kier molecular flexibility index (Phi) is 7.42. The number of carbonyl (C=O) groups excluding carboxylic acids is 2. The number of rotatable bonds is 6. The second kappa shape index (κ2) is 10.5. The van der Waals surface area contributed by atoms with Gasteiger partial charge in [-0.25, -0.2) is 4.79 Å². The van der Waals surface area contributed by atoms with Crippen LogP contribution in [0.1, 0.15) is 33.2 Å². The average molecular weight is 513 g/mol. The zero-order valence-electron chi connectivity index (χ0n) is 18.2. The van der Waals surface area contributed by atoms with Crippen molar-refractivity contribution in [2.45, 2.75) is 13.5 Å². The SMILES string of the molecule is CCOC(=O)c1ccc(N(Cc2c(Cl)cccc2Cl)C(=O)c2cccc3c(Cl)cccc23)cc1. The molecule has 0 spiro atoms. The second-order valence-corrected chi connectivity index (χ2v) is 8.72. The molecule has 0 aliphatic carbocycles. The highest BCUT2D eigenvalue weighted by molar-refractivity contribution is 6.37. The van der Waals surface area contributed by atoms with E-state index in [1.54, 1.807) is 72.5 Å². The maximum absolute atomic E-state index is 13.9. The molecule has 0 radical (unpaired) electrons. The van der Waals surface area contributed by atoms with Gasteiger partial charge in [0.1, 0.15) is 0 Å². The Morgan fingerprint density at radius 3 is 2.03 bits per heavy atom. The number of hydrogen-bond acceptors (Lipinski definition) is 3. The van der Waals surface area contributed by atoms with Gasteiger partial charge in [-0.15, -0.1) is 0 Å². The summed E-state index contributed by atoms with van der Waals surface area (Å²) in [6.45, 7) is 2.16. The van der Waals surface area contributed by atoms with E-state index in [-0.39, 0.29) is 19.1 Å². The number of carbonyl (C=O) groups is 2. The molecule has 0 unspecified atom stereocenters. The summed E-state index contributed by atoms with van der Waals surface area (Å²) in [6.07, 6.45) is 0. The van der Waals surface area contributed by atoms with Crippen molar-refractivity contribution in [2.24, 2.45) is 0 Å². The van der Waals surface area contributed by atoms with Gasteiger partial charge in [-0.1, -0.05) is 65.1 Å². The molecule has 1 amide bonds. The molecular formula is C27H20Cl3NO3. The normalized spacial score (nSPS) is 10.8. The molecule has 4 aromatic carbocycles. The first-order chi connectivity index (χ1) is 16.4. The van der Waals surface area contributed by atoms with Crippen LogP contribution in [0.25, 0.3) is 10.8 Å². The number of ether oxygens (including phenoxy) is 1. The molecule has 0 aromatic heterocycles. The molecule has 0 aliphatic rings. The number of nitrogens with zero attached hydrogens (tertiary/aromatic N) is 1. The number of anilines is 1. The fourth-order valence-corrected chi connectivity index (χ4v) is 4.47. The Bertz CT molecular complexity index is 1350. The van der Waals surface area contributed by atoms with E-state index in [1.165, 1.54) is 0 Å². The minimum atomic E-state index is -0.426. The fourth-order valence-electron chi connectivity index (χ4n) is 3.72. The molecule has 0 N–H and O–H groups in total. The lowest BCUT2D eigenvalue weighted by Crippen LogP contribution is -2.31. The van der Waals surface area contributed by atoms with Crippen LogP contribution in [0, 0.1) is 0 Å². The van der Waals surface area contributed by atoms with Gasteiger partial charge >= 0.3 is 5.97 Å². The Balaban J connectivity index is 1.81. The second-order valence-electron chi connectivity index (χ2n) is 7.50. The molecule has 0 saturated heterocycles. The average Bonchev–Trinajstić information content (AvgIpc) is 2.84. The van der Waals surface area contributed by atoms with Gasteiger partial charge in [0.15, 0.2) is 0 Å². The zero-order chi connectivity index (χ0) is 24.2. The molecule has 0 heterocycles. The van der Waals surface area contributed by atoms with Gasteiger partial charge < -0.3 is 9.64 Å². The van der Waals surface area contributed by atoms with Crippen LogP contribution < -0.4 is 4.90 Å². The van der Waals surface area contributed by atoms with Crippen LogP contribution in [-0.2, 0) is 11.3 Å². The third-order valence-electron chi connectivity index (χ3n) is 5.41. The molecule has 34 heavy (non-hydrogen) atoms. The van der Waals surface area contributed by atoms with E-state index in [1.807, 2.05) is 18.2 Å². The summed E-state index contributed by atoms with van der Waals surface area (Å²) in [7, 11) is 0. The van der Waals surface area contributed by atoms with Crippen LogP contribution in [0.4, 0.5) is 5.69 Å². The van der Waals surface area contributed by atoms with Crippen LogP contribution in [0.2, 0.25) is 15.1 Å². The number of hydrogen-bond donors (Lipinski definition) is 0. The van der Waals surface area contributed by atoms with E-state index in [4.69, 9.17) is 39.5 Å². The molecule has 0 fully saturated rings. The van der Waals surface area contributed by atoms with Crippen molar-refractivity contribution in [3.63, 3.8) is 0 Å². The Hall–Kier alpha value is -3.05. The zero-order valence-corrected chi connectivity index (χ0v) is 20.5. The predicted molar refractivity (Wildman–Crippen MR) is 138 cm³/mol. The number of benzene rings is 4. The van der Waals surface area contributed by atoms with Crippen LogP contribution in [0.3, 0.4) is 0 Å². The Morgan fingerprint density at radius 1 is 0.765 bits per heavy atom. The summed E-state index contributed by atoms with van der Waals surface area (Å²) in [5.74, 6) is -0.683. The maximum atomic E-state index is 13.9. The van der Waals surface area contributed by atoms with Crippen molar-refractivity contribution in [3.8, 4) is 0 Å². The minimum Gasteiger partial charge on any atom is -0.462 e. The molecule has 4 aromatic rings. The highest BCUT2D eigenvalue weighted by Gasteiger charge is 2.23. The topological polar surface area (TPSA) is 46.6 Å². The van der Waals surface area contributed by atoms with Crippen molar-refractivity contribution in [1.29, 1.82) is 0 Å². The lowest BCUT2D eigenvalue weighted by atomic mass is 10.0. The lowest BCUT2D eigenvalue weighted by Gasteiger charge is -2.25. The molecule has 0 atom stereocenters. The largest absolute Gasteiger partial charge is 0.462 e. The first kappa shape index (κ1) is 24.1. The van der Waals surface area contributed by atoms with Crippen molar-refractivity contribution >= 4 is 63.1 Å². The molecular weight excluding hydrogens is 493 g/mol. The van der Waals surface area contributed by atoms with E-state index >= 15 is 0 Å². The molecule has 172 valence electrons. The van der Waals surface area contributed by atoms with Gasteiger partial charge in [-0.3, -0.25) is 4.79 Å². The van der Waals surface area contributed by atoms with Gasteiger partial charge in [-0.05, 0) is 60.8 Å². The number of esters is 1. The van der Waals surface area contributed by atoms with Gasteiger partial charge in [0, 0.05) is 37.3 Å². The van der Waals surface area contributed by atoms with Crippen LogP contribution in [0.15, 0.2) is 78.9 Å². The third kappa shape index (κ3) is 4.90. The molecule has 0 saturated carbocycles. The number of halogens is 3. The minimum absolute atomic E-state index is 0.132. The van der Waals surface area contributed by atoms with E-state index < -0.39 is 5.97 Å². The van der Waals surface area contributed by atoms with Crippen LogP contribution in [0.5, 0.6) is 0 Å². The summed E-state index contributed by atoms with van der Waals surface area (Å²) < 4.78 is 5.06. The summed E-state index contributed by atoms with van der Waals surface area (Å²) in [6, 6.07) is 22.8. The highest BCUT2D eigenvalue weighted by Crippen LogP contribution is 2.32. The smallest absolute Gasteiger partial charge is 0.338 e. The molecule has 0 aliphatic heterocycles. The van der Waals surface area contributed by atoms with E-state index in [0.29, 0.717) is 37.4 Å². The highest BCUT2D eigenvalue weighted by atomic mass is 35.5. The number of amides is 1. The summed E-state index contributed by atoms with van der Waals surface area (Å²) in [4.78, 5) is 27.6. The van der Waals surface area contributed by atoms with E-state index in [9.17, 15) is 9.59 Å². The molecule has 7 heteroatoms. The van der Waals surface area contributed by atoms with Gasteiger partial charge in [0.25, 0.3) is 5.91 Å².